The topological polar surface area (TPSA) is 66.8 Å². The number of aliphatic carboxylic acids is 1. The minimum Gasteiger partial charge on any atom is -0.479 e. The molecule has 0 radical (unpaired) electrons. The molecule has 0 unspecified atom stereocenters. The van der Waals surface area contributed by atoms with Crippen LogP contribution in [0.1, 0.15) is 5.56 Å². The Hall–Kier alpha value is -2.92. The predicted octanol–water partition coefficient (Wildman–Crippen LogP) is 2.58. The number of benzene rings is 2. The zero-order valence-corrected chi connectivity index (χ0v) is 12.9. The number of ether oxygens (including phenoxy) is 1. The lowest BCUT2D eigenvalue weighted by molar-refractivity contribution is -0.156. The number of amides is 1. The highest BCUT2D eigenvalue weighted by atomic mass is 16.5. The van der Waals surface area contributed by atoms with Crippen LogP contribution in [0.3, 0.4) is 0 Å². The van der Waals surface area contributed by atoms with Crippen molar-refractivity contribution in [3.8, 4) is 0 Å². The van der Waals surface area contributed by atoms with E-state index in [1.165, 1.54) is 4.90 Å². The Morgan fingerprint density at radius 1 is 1.08 bits per heavy atom. The van der Waals surface area contributed by atoms with Gasteiger partial charge in [0.25, 0.3) is 5.91 Å². The van der Waals surface area contributed by atoms with Crippen LogP contribution in [0.25, 0.3) is 6.08 Å². The highest BCUT2D eigenvalue weighted by Gasteiger charge is 2.40. The van der Waals surface area contributed by atoms with Gasteiger partial charge in [0.2, 0.25) is 0 Å². The molecule has 122 valence electrons. The lowest BCUT2D eigenvalue weighted by atomic mass is 10.0. The van der Waals surface area contributed by atoms with Crippen molar-refractivity contribution in [1.82, 2.24) is 0 Å². The summed E-state index contributed by atoms with van der Waals surface area (Å²) in [7, 11) is 0. The minimum absolute atomic E-state index is 0.248. The molecule has 1 aliphatic rings. The molecule has 24 heavy (non-hydrogen) atoms. The highest BCUT2D eigenvalue weighted by molar-refractivity contribution is 5.98. The molecule has 5 nitrogen and oxygen atoms in total. The molecular formula is C19H17NO4. The molecule has 5 heteroatoms. The number of carboxylic acids is 1. The number of hydrogen-bond donors (Lipinski definition) is 1. The van der Waals surface area contributed by atoms with E-state index in [4.69, 9.17) is 4.74 Å². The van der Waals surface area contributed by atoms with Gasteiger partial charge in [0.1, 0.15) is 6.61 Å². The van der Waals surface area contributed by atoms with Gasteiger partial charge < -0.3 is 14.7 Å². The minimum atomic E-state index is -1.11. The second kappa shape index (κ2) is 7.10. The van der Waals surface area contributed by atoms with Gasteiger partial charge >= 0.3 is 5.97 Å². The van der Waals surface area contributed by atoms with E-state index < -0.39 is 18.1 Å². The van der Waals surface area contributed by atoms with E-state index in [1.54, 1.807) is 24.3 Å². The second-order valence-corrected chi connectivity index (χ2v) is 5.43. The van der Waals surface area contributed by atoms with E-state index in [0.717, 1.165) is 5.56 Å². The summed E-state index contributed by atoms with van der Waals surface area (Å²) in [5.41, 5.74) is 1.58. The number of rotatable bonds is 4. The molecule has 1 N–H and O–H groups in total. The van der Waals surface area contributed by atoms with Crippen molar-refractivity contribution in [1.29, 1.82) is 0 Å². The molecule has 3 rings (SSSR count). The Kier molecular flexibility index (Phi) is 4.72. The van der Waals surface area contributed by atoms with Gasteiger partial charge in [-0.1, -0.05) is 60.7 Å². The van der Waals surface area contributed by atoms with Crippen molar-refractivity contribution >= 4 is 23.6 Å². The molecule has 1 saturated heterocycles. The molecule has 0 aliphatic carbocycles. The van der Waals surface area contributed by atoms with Crippen molar-refractivity contribution in [2.24, 2.45) is 0 Å². The smallest absolute Gasteiger partial charge is 0.335 e. The van der Waals surface area contributed by atoms with Gasteiger partial charge in [-0.2, -0.15) is 0 Å². The standard InChI is InChI=1S/C19H17NO4/c21-17-13-24-18(19(22)23)16(12-11-14-7-3-1-4-8-14)20(17)15-9-5-2-6-10-15/h1-12,16,18H,13H2,(H,22,23)/b12-11+/t16-,18+/m1/s1. The van der Waals surface area contributed by atoms with E-state index in [1.807, 2.05) is 48.5 Å². The lowest BCUT2D eigenvalue weighted by Crippen LogP contribution is -2.56. The first-order chi connectivity index (χ1) is 11.7. The SMILES string of the molecule is O=C(O)[C@H]1OCC(=O)N(c2ccccc2)[C@@H]1/C=C/c1ccccc1. The van der Waals surface area contributed by atoms with Crippen LogP contribution >= 0.6 is 0 Å². The summed E-state index contributed by atoms with van der Waals surface area (Å²) in [5.74, 6) is -1.35. The van der Waals surface area contributed by atoms with Crippen LogP contribution in [0.5, 0.6) is 0 Å². The molecular weight excluding hydrogens is 306 g/mol. The van der Waals surface area contributed by atoms with Crippen molar-refractivity contribution in [3.05, 3.63) is 72.3 Å². The summed E-state index contributed by atoms with van der Waals surface area (Å²) in [6.45, 7) is -0.248. The van der Waals surface area contributed by atoms with E-state index in [0.29, 0.717) is 5.69 Å². The van der Waals surface area contributed by atoms with Crippen molar-refractivity contribution < 1.29 is 19.4 Å². The molecule has 0 aromatic heterocycles. The number of hydrogen-bond acceptors (Lipinski definition) is 3. The maximum atomic E-state index is 12.4. The van der Waals surface area contributed by atoms with Crippen molar-refractivity contribution in [2.45, 2.75) is 12.1 Å². The summed E-state index contributed by atoms with van der Waals surface area (Å²) in [4.78, 5) is 25.4. The molecule has 1 aliphatic heterocycles. The van der Waals surface area contributed by atoms with Gasteiger partial charge in [-0.15, -0.1) is 0 Å². The quantitative estimate of drug-likeness (QED) is 0.939. The molecule has 0 spiro atoms. The van der Waals surface area contributed by atoms with Gasteiger partial charge in [0, 0.05) is 5.69 Å². The van der Waals surface area contributed by atoms with Crippen LogP contribution in [0, 0.1) is 0 Å². The summed E-state index contributed by atoms with van der Waals surface area (Å²) < 4.78 is 5.26. The molecule has 1 heterocycles. The summed E-state index contributed by atoms with van der Waals surface area (Å²) >= 11 is 0. The van der Waals surface area contributed by atoms with E-state index in [-0.39, 0.29) is 12.5 Å². The maximum absolute atomic E-state index is 12.4. The monoisotopic (exact) mass is 323 g/mol. The van der Waals surface area contributed by atoms with Gasteiger partial charge in [0.05, 0.1) is 6.04 Å². The third-order valence-electron chi connectivity index (χ3n) is 3.83. The Morgan fingerprint density at radius 2 is 1.71 bits per heavy atom. The molecule has 2 aromatic carbocycles. The van der Waals surface area contributed by atoms with Crippen molar-refractivity contribution in [3.63, 3.8) is 0 Å². The van der Waals surface area contributed by atoms with Crippen LogP contribution in [0.15, 0.2) is 66.7 Å². The number of para-hydroxylation sites is 1. The third kappa shape index (κ3) is 3.36. The van der Waals surface area contributed by atoms with Crippen LogP contribution in [0.4, 0.5) is 5.69 Å². The lowest BCUT2D eigenvalue weighted by Gasteiger charge is -2.37. The maximum Gasteiger partial charge on any atom is 0.335 e. The number of anilines is 1. The van der Waals surface area contributed by atoms with Gasteiger partial charge in [-0.05, 0) is 17.7 Å². The fourth-order valence-corrected chi connectivity index (χ4v) is 2.71. The average Bonchev–Trinajstić information content (AvgIpc) is 2.61. The Balaban J connectivity index is 1.98. The fourth-order valence-electron chi connectivity index (χ4n) is 2.71. The number of morpholine rings is 1. The highest BCUT2D eigenvalue weighted by Crippen LogP contribution is 2.25. The molecule has 2 atom stereocenters. The third-order valence-corrected chi connectivity index (χ3v) is 3.83. The van der Waals surface area contributed by atoms with E-state index >= 15 is 0 Å². The second-order valence-electron chi connectivity index (χ2n) is 5.43. The van der Waals surface area contributed by atoms with Crippen LogP contribution in [-0.4, -0.2) is 35.7 Å². The molecule has 1 amide bonds. The van der Waals surface area contributed by atoms with Crippen LogP contribution in [-0.2, 0) is 14.3 Å². The Labute approximate surface area is 139 Å². The zero-order chi connectivity index (χ0) is 16.9. The predicted molar refractivity (Wildman–Crippen MR) is 90.6 cm³/mol. The molecule has 1 fully saturated rings. The first-order valence-electron chi connectivity index (χ1n) is 7.61. The number of carbonyl (C=O) groups is 2. The van der Waals surface area contributed by atoms with E-state index in [2.05, 4.69) is 0 Å². The normalized spacial score (nSPS) is 21.2. The summed E-state index contributed by atoms with van der Waals surface area (Å²) in [5, 5.41) is 9.46. The Bertz CT molecular complexity index is 742. The van der Waals surface area contributed by atoms with Crippen LogP contribution < -0.4 is 4.90 Å². The van der Waals surface area contributed by atoms with E-state index in [9.17, 15) is 14.7 Å². The van der Waals surface area contributed by atoms with Gasteiger partial charge in [-0.25, -0.2) is 4.79 Å². The first kappa shape index (κ1) is 16.0. The molecule has 2 aromatic rings. The number of carbonyl (C=O) groups excluding carboxylic acids is 1. The summed E-state index contributed by atoms with van der Waals surface area (Å²) in [6.07, 6.45) is 2.40. The molecule has 0 saturated carbocycles. The largest absolute Gasteiger partial charge is 0.479 e. The van der Waals surface area contributed by atoms with Crippen molar-refractivity contribution in [2.75, 3.05) is 11.5 Å². The average molecular weight is 323 g/mol. The fraction of sp³-hybridized carbons (Fsp3) is 0.158. The summed E-state index contributed by atoms with van der Waals surface area (Å²) in [6, 6.07) is 17.8. The zero-order valence-electron chi connectivity index (χ0n) is 12.9. The Morgan fingerprint density at radius 3 is 2.33 bits per heavy atom. The van der Waals surface area contributed by atoms with Crippen LogP contribution in [0.2, 0.25) is 0 Å². The number of nitrogens with zero attached hydrogens (tertiary/aromatic N) is 1. The first-order valence-corrected chi connectivity index (χ1v) is 7.61. The number of carboxylic acid groups (broad SMARTS) is 1. The molecule has 0 bridgehead atoms. The van der Waals surface area contributed by atoms with Gasteiger partial charge in [-0.3, -0.25) is 4.79 Å². The van der Waals surface area contributed by atoms with Gasteiger partial charge in [0.15, 0.2) is 6.10 Å².